The third-order valence-corrected chi connectivity index (χ3v) is 4.97. The van der Waals surface area contributed by atoms with Crippen molar-refractivity contribution < 1.29 is 5.11 Å². The van der Waals surface area contributed by atoms with E-state index in [-0.39, 0.29) is 11.2 Å². The van der Waals surface area contributed by atoms with E-state index in [0.29, 0.717) is 5.69 Å². The van der Waals surface area contributed by atoms with E-state index in [1.165, 1.54) is 24.8 Å². The van der Waals surface area contributed by atoms with Gasteiger partial charge in [-0.15, -0.1) is 15.0 Å². The van der Waals surface area contributed by atoms with Gasteiger partial charge in [0.15, 0.2) is 0 Å². The van der Waals surface area contributed by atoms with Gasteiger partial charge in [-0.05, 0) is 48.1 Å². The van der Waals surface area contributed by atoms with E-state index in [2.05, 4.69) is 37.0 Å². The van der Waals surface area contributed by atoms with Gasteiger partial charge in [0.1, 0.15) is 22.5 Å². The second-order valence-corrected chi connectivity index (χ2v) is 7.48. The number of phenols is 1. The number of fused-ring (bicyclic) bond motifs is 1. The maximum Gasteiger partial charge on any atom is 0.146 e. The average molecular weight is 337 g/mol. The highest BCUT2D eigenvalue weighted by molar-refractivity contribution is 5.73. The highest BCUT2D eigenvalue weighted by Crippen LogP contribution is 2.35. The zero-order valence-electron chi connectivity index (χ0n) is 15.6. The summed E-state index contributed by atoms with van der Waals surface area (Å²) in [7, 11) is 0. The smallest absolute Gasteiger partial charge is 0.146 e. The Morgan fingerprint density at radius 1 is 1.04 bits per heavy atom. The molecule has 0 aliphatic heterocycles. The zero-order chi connectivity index (χ0) is 18.0. The molecule has 0 radical (unpaired) electrons. The Hall–Kier alpha value is -2.36. The minimum atomic E-state index is 0.0506. The molecule has 0 saturated carbocycles. The Bertz CT molecular complexity index is 847. The minimum absolute atomic E-state index is 0.0506. The summed E-state index contributed by atoms with van der Waals surface area (Å²) in [6.07, 6.45) is 4.81. The number of aromatic nitrogens is 3. The van der Waals surface area contributed by atoms with Gasteiger partial charge in [-0.3, -0.25) is 0 Å². The van der Waals surface area contributed by atoms with Gasteiger partial charge in [0, 0.05) is 0 Å². The standard InChI is InChI=1S/C21H27N3O/c1-5-6-9-12-21(3,4)16-13-15(2)20(25)19(14-16)24-22-17-10-7-8-11-18(17)23-24/h7-8,10-11,13-14,25H,5-6,9,12H2,1-4H3. The summed E-state index contributed by atoms with van der Waals surface area (Å²) < 4.78 is 0. The molecule has 2 aromatic carbocycles. The van der Waals surface area contributed by atoms with Crippen molar-refractivity contribution in [2.45, 2.75) is 58.8 Å². The lowest BCUT2D eigenvalue weighted by atomic mass is 9.79. The Labute approximate surface area is 149 Å². The monoisotopic (exact) mass is 337 g/mol. The molecule has 0 fully saturated rings. The van der Waals surface area contributed by atoms with Crippen LogP contribution >= 0.6 is 0 Å². The number of benzene rings is 2. The quantitative estimate of drug-likeness (QED) is 0.622. The van der Waals surface area contributed by atoms with Crippen molar-refractivity contribution in [1.82, 2.24) is 15.0 Å². The lowest BCUT2D eigenvalue weighted by Gasteiger charge is -2.26. The maximum atomic E-state index is 10.6. The molecule has 0 saturated heterocycles. The van der Waals surface area contributed by atoms with Crippen LogP contribution < -0.4 is 0 Å². The van der Waals surface area contributed by atoms with E-state index in [9.17, 15) is 5.11 Å². The van der Waals surface area contributed by atoms with Gasteiger partial charge in [-0.2, -0.15) is 0 Å². The molecule has 1 aromatic heterocycles. The fourth-order valence-electron chi connectivity index (χ4n) is 3.23. The van der Waals surface area contributed by atoms with Crippen LogP contribution in [-0.4, -0.2) is 20.1 Å². The number of aromatic hydroxyl groups is 1. The second-order valence-electron chi connectivity index (χ2n) is 7.48. The van der Waals surface area contributed by atoms with Gasteiger partial charge in [0.05, 0.1) is 0 Å². The van der Waals surface area contributed by atoms with Crippen molar-refractivity contribution in [2.75, 3.05) is 0 Å². The van der Waals surface area contributed by atoms with E-state index in [1.54, 1.807) is 4.80 Å². The first kappa shape index (κ1) is 17.5. The normalized spacial score (nSPS) is 12.0. The third kappa shape index (κ3) is 3.53. The first-order chi connectivity index (χ1) is 11.9. The number of hydrogen-bond acceptors (Lipinski definition) is 3. The van der Waals surface area contributed by atoms with E-state index in [0.717, 1.165) is 23.0 Å². The van der Waals surface area contributed by atoms with Crippen LogP contribution in [0.2, 0.25) is 0 Å². The van der Waals surface area contributed by atoms with Gasteiger partial charge in [-0.1, -0.05) is 58.2 Å². The maximum absolute atomic E-state index is 10.6. The van der Waals surface area contributed by atoms with Gasteiger partial charge in [0.25, 0.3) is 0 Å². The van der Waals surface area contributed by atoms with Crippen molar-refractivity contribution in [3.05, 3.63) is 47.5 Å². The highest BCUT2D eigenvalue weighted by Gasteiger charge is 2.23. The topological polar surface area (TPSA) is 50.9 Å². The molecule has 132 valence electrons. The van der Waals surface area contributed by atoms with Crippen molar-refractivity contribution in [3.63, 3.8) is 0 Å². The Morgan fingerprint density at radius 2 is 1.68 bits per heavy atom. The molecule has 1 N–H and O–H groups in total. The second kappa shape index (κ2) is 6.87. The number of rotatable bonds is 6. The Kier molecular flexibility index (Phi) is 4.80. The number of hydrogen-bond donors (Lipinski definition) is 1. The van der Waals surface area contributed by atoms with Crippen molar-refractivity contribution in [1.29, 1.82) is 0 Å². The number of aryl methyl sites for hydroxylation is 1. The van der Waals surface area contributed by atoms with Crippen LogP contribution in [-0.2, 0) is 5.41 Å². The lowest BCUT2D eigenvalue weighted by Crippen LogP contribution is -2.18. The number of nitrogens with zero attached hydrogens (tertiary/aromatic N) is 3. The van der Waals surface area contributed by atoms with Gasteiger partial charge >= 0.3 is 0 Å². The van der Waals surface area contributed by atoms with Gasteiger partial charge in [-0.25, -0.2) is 0 Å². The van der Waals surface area contributed by atoms with Crippen LogP contribution in [0.25, 0.3) is 16.7 Å². The summed E-state index contributed by atoms with van der Waals surface area (Å²) in [5.74, 6) is 0.244. The largest absolute Gasteiger partial charge is 0.505 e. The van der Waals surface area contributed by atoms with Crippen molar-refractivity contribution >= 4 is 11.0 Å². The van der Waals surface area contributed by atoms with Crippen molar-refractivity contribution in [3.8, 4) is 11.4 Å². The molecular formula is C21H27N3O. The molecule has 3 rings (SSSR count). The fraction of sp³-hybridized carbons (Fsp3) is 0.429. The van der Waals surface area contributed by atoms with Gasteiger partial charge in [0.2, 0.25) is 0 Å². The first-order valence-electron chi connectivity index (χ1n) is 9.09. The molecule has 0 atom stereocenters. The van der Waals surface area contributed by atoms with Crippen LogP contribution in [0.4, 0.5) is 0 Å². The van der Waals surface area contributed by atoms with E-state index in [4.69, 9.17) is 0 Å². The van der Waals surface area contributed by atoms with E-state index in [1.807, 2.05) is 37.3 Å². The number of phenolic OH excluding ortho intramolecular Hbond substituents is 1. The molecule has 3 aromatic rings. The highest BCUT2D eigenvalue weighted by atomic mass is 16.3. The number of unbranched alkanes of at least 4 members (excludes halogenated alkanes) is 2. The molecule has 0 amide bonds. The van der Waals surface area contributed by atoms with Crippen LogP contribution in [0.1, 0.15) is 57.6 Å². The molecule has 0 aliphatic rings. The molecule has 1 heterocycles. The predicted octanol–water partition coefficient (Wildman–Crippen LogP) is 5.29. The summed E-state index contributed by atoms with van der Waals surface area (Å²) in [4.78, 5) is 1.55. The molecule has 0 bridgehead atoms. The molecule has 4 heteroatoms. The molecule has 0 unspecified atom stereocenters. The molecular weight excluding hydrogens is 310 g/mol. The molecule has 0 spiro atoms. The zero-order valence-corrected chi connectivity index (χ0v) is 15.6. The molecule has 0 aliphatic carbocycles. The molecule has 25 heavy (non-hydrogen) atoms. The van der Waals surface area contributed by atoms with Crippen LogP contribution in [0, 0.1) is 6.92 Å². The van der Waals surface area contributed by atoms with Crippen molar-refractivity contribution in [2.24, 2.45) is 0 Å². The lowest BCUT2D eigenvalue weighted by molar-refractivity contribution is 0.442. The predicted molar refractivity (Wildman–Crippen MR) is 102 cm³/mol. The Balaban J connectivity index is 2.03. The average Bonchev–Trinajstić information content (AvgIpc) is 3.01. The summed E-state index contributed by atoms with van der Waals surface area (Å²) >= 11 is 0. The minimum Gasteiger partial charge on any atom is -0.505 e. The summed E-state index contributed by atoms with van der Waals surface area (Å²) in [6, 6.07) is 11.9. The van der Waals surface area contributed by atoms with E-state index < -0.39 is 0 Å². The summed E-state index contributed by atoms with van der Waals surface area (Å²) in [6.45, 7) is 8.70. The summed E-state index contributed by atoms with van der Waals surface area (Å²) in [5.41, 5.74) is 4.43. The first-order valence-corrected chi connectivity index (χ1v) is 9.09. The van der Waals surface area contributed by atoms with Crippen LogP contribution in [0.15, 0.2) is 36.4 Å². The SMILES string of the molecule is CCCCCC(C)(C)c1cc(C)c(O)c(-n2nc3ccccc3n2)c1. The molecule has 4 nitrogen and oxygen atoms in total. The van der Waals surface area contributed by atoms with Crippen LogP contribution in [0.3, 0.4) is 0 Å². The van der Waals surface area contributed by atoms with E-state index >= 15 is 0 Å². The summed E-state index contributed by atoms with van der Waals surface area (Å²) in [5, 5.41) is 19.6. The fourth-order valence-corrected chi connectivity index (χ4v) is 3.23. The third-order valence-electron chi connectivity index (χ3n) is 4.97. The Morgan fingerprint density at radius 3 is 2.28 bits per heavy atom. The van der Waals surface area contributed by atoms with Crippen LogP contribution in [0.5, 0.6) is 5.75 Å². The van der Waals surface area contributed by atoms with Gasteiger partial charge < -0.3 is 5.11 Å².